The molecule has 0 radical (unpaired) electrons. The predicted octanol–water partition coefficient (Wildman–Crippen LogP) is 1.76. The van der Waals surface area contributed by atoms with E-state index in [0.29, 0.717) is 0 Å². The molecule has 10 nitrogen and oxygen atoms in total. The van der Waals surface area contributed by atoms with Gasteiger partial charge in [-0.3, -0.25) is 19.3 Å². The molecule has 2 aromatic carbocycles. The maximum atomic E-state index is 12.5. The average Bonchev–Trinajstić information content (AvgIpc) is 3.03. The standard InChI is InChI=1S/C21H20ClN3O7S/c1-12(25-19(27)14-6-4-5-7-15(14)20(25)28)21(29)32-11-18(26)23-17-10-13(8-9-16(17)22)33(30,31)24(2)3/h4-10,12H,11H2,1-3H3,(H,23,26). The quantitative estimate of drug-likeness (QED) is 0.459. The zero-order chi connectivity index (χ0) is 24.5. The van der Waals surface area contributed by atoms with E-state index in [2.05, 4.69) is 5.32 Å². The van der Waals surface area contributed by atoms with Crippen LogP contribution in [0.15, 0.2) is 47.4 Å². The van der Waals surface area contributed by atoms with Crippen molar-refractivity contribution in [1.82, 2.24) is 9.21 Å². The number of fused-ring (bicyclic) bond motifs is 1. The second kappa shape index (κ2) is 9.30. The Hall–Kier alpha value is -3.28. The maximum absolute atomic E-state index is 12.5. The molecule has 2 aromatic rings. The summed E-state index contributed by atoms with van der Waals surface area (Å²) in [6.45, 7) is 0.571. The van der Waals surface area contributed by atoms with Gasteiger partial charge in [-0.05, 0) is 37.3 Å². The number of benzene rings is 2. The number of nitrogens with zero attached hydrogens (tertiary/aromatic N) is 2. The summed E-state index contributed by atoms with van der Waals surface area (Å²) < 4.78 is 30.5. The van der Waals surface area contributed by atoms with E-state index < -0.39 is 46.4 Å². The SMILES string of the molecule is CC(C(=O)OCC(=O)Nc1cc(S(=O)(=O)N(C)C)ccc1Cl)N1C(=O)c2ccccc2C1=O. The van der Waals surface area contributed by atoms with E-state index in [4.69, 9.17) is 16.3 Å². The molecule has 1 aliphatic heterocycles. The van der Waals surface area contributed by atoms with Gasteiger partial charge < -0.3 is 10.1 Å². The molecule has 0 bridgehead atoms. The second-order valence-corrected chi connectivity index (χ2v) is 9.85. The molecule has 1 atom stereocenters. The molecule has 33 heavy (non-hydrogen) atoms. The third kappa shape index (κ3) is 4.75. The Morgan fingerprint density at radius 2 is 1.67 bits per heavy atom. The molecule has 0 saturated heterocycles. The van der Waals surface area contributed by atoms with Crippen LogP contribution in [0.5, 0.6) is 0 Å². The minimum atomic E-state index is -3.76. The normalized spacial score (nSPS) is 14.3. The average molecular weight is 494 g/mol. The Labute approximate surface area is 195 Å². The number of esters is 1. The smallest absolute Gasteiger partial charge is 0.329 e. The van der Waals surface area contributed by atoms with Crippen LogP contribution in [0.4, 0.5) is 5.69 Å². The van der Waals surface area contributed by atoms with Crippen LogP contribution >= 0.6 is 11.6 Å². The van der Waals surface area contributed by atoms with Crippen LogP contribution in [0.1, 0.15) is 27.6 Å². The topological polar surface area (TPSA) is 130 Å². The van der Waals surface area contributed by atoms with Gasteiger partial charge in [0.25, 0.3) is 17.7 Å². The highest BCUT2D eigenvalue weighted by atomic mass is 35.5. The Morgan fingerprint density at radius 1 is 1.09 bits per heavy atom. The number of anilines is 1. The third-order valence-electron chi connectivity index (χ3n) is 4.89. The van der Waals surface area contributed by atoms with Crippen molar-refractivity contribution in [1.29, 1.82) is 0 Å². The lowest BCUT2D eigenvalue weighted by atomic mass is 10.1. The van der Waals surface area contributed by atoms with Crippen molar-refractivity contribution < 1.29 is 32.3 Å². The van der Waals surface area contributed by atoms with E-state index in [1.165, 1.54) is 51.4 Å². The lowest BCUT2D eigenvalue weighted by Gasteiger charge is -2.20. The summed E-state index contributed by atoms with van der Waals surface area (Å²) in [6.07, 6.45) is 0. The maximum Gasteiger partial charge on any atom is 0.329 e. The lowest BCUT2D eigenvalue weighted by molar-refractivity contribution is -0.150. The second-order valence-electron chi connectivity index (χ2n) is 7.29. The Kier molecular flexibility index (Phi) is 6.86. The molecule has 3 amide bonds. The molecule has 3 rings (SSSR count). The predicted molar refractivity (Wildman–Crippen MR) is 118 cm³/mol. The van der Waals surface area contributed by atoms with Crippen molar-refractivity contribution in [2.24, 2.45) is 0 Å². The fourth-order valence-electron chi connectivity index (χ4n) is 3.08. The minimum absolute atomic E-state index is 0.00837. The van der Waals surface area contributed by atoms with Crippen LogP contribution < -0.4 is 5.32 Å². The molecule has 1 heterocycles. The number of sulfonamides is 1. The van der Waals surface area contributed by atoms with Crippen LogP contribution in [-0.2, 0) is 24.3 Å². The molecular weight excluding hydrogens is 474 g/mol. The summed E-state index contributed by atoms with van der Waals surface area (Å²) in [4.78, 5) is 50.3. The first-order valence-electron chi connectivity index (χ1n) is 9.60. The summed E-state index contributed by atoms with van der Waals surface area (Å²) in [5.41, 5.74) is 0.373. The van der Waals surface area contributed by atoms with Crippen molar-refractivity contribution in [3.05, 3.63) is 58.6 Å². The van der Waals surface area contributed by atoms with Crippen LogP contribution in [0.25, 0.3) is 0 Å². The monoisotopic (exact) mass is 493 g/mol. The molecule has 174 valence electrons. The highest BCUT2D eigenvalue weighted by Crippen LogP contribution is 2.27. The number of rotatable bonds is 7. The lowest BCUT2D eigenvalue weighted by Crippen LogP contribution is -2.44. The molecule has 0 aliphatic carbocycles. The molecule has 0 aromatic heterocycles. The number of amides is 3. The van der Waals surface area contributed by atoms with Gasteiger partial charge in [-0.1, -0.05) is 23.7 Å². The number of halogens is 1. The Bertz CT molecular complexity index is 1230. The summed E-state index contributed by atoms with van der Waals surface area (Å²) in [7, 11) is -1.05. The molecule has 12 heteroatoms. The summed E-state index contributed by atoms with van der Waals surface area (Å²) in [5, 5.41) is 2.45. The van der Waals surface area contributed by atoms with Crippen molar-refractivity contribution in [3.8, 4) is 0 Å². The Balaban J connectivity index is 1.64. The van der Waals surface area contributed by atoms with Gasteiger partial charge in [-0.25, -0.2) is 17.5 Å². The van der Waals surface area contributed by atoms with Crippen LogP contribution in [-0.4, -0.2) is 68.1 Å². The highest BCUT2D eigenvalue weighted by molar-refractivity contribution is 7.89. The van der Waals surface area contributed by atoms with E-state index in [1.807, 2.05) is 0 Å². The van der Waals surface area contributed by atoms with Crippen LogP contribution in [0.3, 0.4) is 0 Å². The number of imide groups is 1. The third-order valence-corrected chi connectivity index (χ3v) is 7.03. The molecule has 0 spiro atoms. The summed E-state index contributed by atoms with van der Waals surface area (Å²) in [5.74, 6) is -3.01. The number of ether oxygens (including phenoxy) is 1. The van der Waals surface area contributed by atoms with E-state index in [0.717, 1.165) is 9.21 Å². The molecule has 1 aliphatic rings. The van der Waals surface area contributed by atoms with Gasteiger partial charge in [0, 0.05) is 14.1 Å². The van der Waals surface area contributed by atoms with Gasteiger partial charge in [0.1, 0.15) is 6.04 Å². The summed E-state index contributed by atoms with van der Waals surface area (Å²) in [6, 6.07) is 8.68. The van der Waals surface area contributed by atoms with Gasteiger partial charge in [0.05, 0.1) is 26.7 Å². The van der Waals surface area contributed by atoms with E-state index in [-0.39, 0.29) is 26.7 Å². The van der Waals surface area contributed by atoms with E-state index in [9.17, 15) is 27.6 Å². The van der Waals surface area contributed by atoms with Gasteiger partial charge in [0.2, 0.25) is 10.0 Å². The van der Waals surface area contributed by atoms with Crippen LogP contribution in [0.2, 0.25) is 5.02 Å². The fraction of sp³-hybridized carbons (Fsp3) is 0.238. The molecular formula is C21H20ClN3O7S. The number of nitrogens with one attached hydrogen (secondary N) is 1. The van der Waals surface area contributed by atoms with Crippen LogP contribution in [0, 0.1) is 0 Å². The highest BCUT2D eigenvalue weighted by Gasteiger charge is 2.41. The largest absolute Gasteiger partial charge is 0.454 e. The van der Waals surface area contributed by atoms with Crippen molar-refractivity contribution in [3.63, 3.8) is 0 Å². The molecule has 1 unspecified atom stereocenters. The van der Waals surface area contributed by atoms with Crippen molar-refractivity contribution in [2.45, 2.75) is 17.9 Å². The number of hydrogen-bond acceptors (Lipinski definition) is 7. The Morgan fingerprint density at radius 3 is 2.21 bits per heavy atom. The number of carbonyl (C=O) groups is 4. The zero-order valence-electron chi connectivity index (χ0n) is 17.9. The van der Waals surface area contributed by atoms with Crippen molar-refractivity contribution in [2.75, 3.05) is 26.0 Å². The van der Waals surface area contributed by atoms with Gasteiger partial charge in [0.15, 0.2) is 6.61 Å². The first kappa shape index (κ1) is 24.4. The molecule has 0 saturated carbocycles. The van der Waals surface area contributed by atoms with Gasteiger partial charge in [-0.2, -0.15) is 0 Å². The number of carbonyl (C=O) groups excluding carboxylic acids is 4. The first-order valence-corrected chi connectivity index (χ1v) is 11.4. The van der Waals surface area contributed by atoms with Gasteiger partial charge >= 0.3 is 5.97 Å². The van der Waals surface area contributed by atoms with Gasteiger partial charge in [-0.15, -0.1) is 0 Å². The fourth-order valence-corrected chi connectivity index (χ4v) is 4.17. The first-order chi connectivity index (χ1) is 15.4. The molecule has 0 fully saturated rings. The zero-order valence-corrected chi connectivity index (χ0v) is 19.4. The number of hydrogen-bond donors (Lipinski definition) is 1. The molecule has 1 N–H and O–H groups in total. The van der Waals surface area contributed by atoms with Crippen molar-refractivity contribution >= 4 is 51.0 Å². The van der Waals surface area contributed by atoms with E-state index in [1.54, 1.807) is 12.1 Å². The summed E-state index contributed by atoms with van der Waals surface area (Å²) >= 11 is 6.03. The minimum Gasteiger partial charge on any atom is -0.454 e. The van der Waals surface area contributed by atoms with E-state index >= 15 is 0 Å².